The Kier molecular flexibility index (Phi) is 4.57. The average Bonchev–Trinajstić information content (AvgIpc) is 3.34. The van der Waals surface area contributed by atoms with Crippen LogP contribution < -0.4 is 0 Å². The second kappa shape index (κ2) is 6.61. The van der Waals surface area contributed by atoms with E-state index in [0.717, 1.165) is 37.9 Å². The second-order valence-corrected chi connectivity index (χ2v) is 6.15. The molecule has 1 amide bonds. The number of carbonyl (C=O) groups is 1. The lowest BCUT2D eigenvalue weighted by molar-refractivity contribution is -0.135. The molecule has 0 spiro atoms. The zero-order valence-corrected chi connectivity index (χ0v) is 12.7. The van der Waals surface area contributed by atoms with Crippen molar-refractivity contribution in [1.29, 1.82) is 0 Å². The van der Waals surface area contributed by atoms with E-state index in [2.05, 4.69) is 6.58 Å². The minimum Gasteiger partial charge on any atom is -0.374 e. The van der Waals surface area contributed by atoms with Gasteiger partial charge in [0.15, 0.2) is 0 Å². The third-order valence-corrected chi connectivity index (χ3v) is 4.61. The van der Waals surface area contributed by atoms with E-state index < -0.39 is 0 Å². The molecule has 1 heterocycles. The standard InChI is InChI=1S/C18H22FNO2/c1-2-11-22-15-7-9-20(10-8-15)18(21)17-12-16(17)13-3-5-14(19)6-4-13/h2-6,15-17H,1,7-12H2/t16-,17-/m1/s1. The third-order valence-electron chi connectivity index (χ3n) is 4.61. The van der Waals surface area contributed by atoms with E-state index in [-0.39, 0.29) is 29.7 Å². The van der Waals surface area contributed by atoms with Gasteiger partial charge in [-0.25, -0.2) is 4.39 Å². The fourth-order valence-electron chi connectivity index (χ4n) is 3.23. The minimum atomic E-state index is -0.228. The number of rotatable bonds is 5. The van der Waals surface area contributed by atoms with E-state index >= 15 is 0 Å². The summed E-state index contributed by atoms with van der Waals surface area (Å²) in [5.41, 5.74) is 1.07. The molecule has 1 saturated carbocycles. The first-order valence-electron chi connectivity index (χ1n) is 7.96. The number of nitrogens with zero attached hydrogens (tertiary/aromatic N) is 1. The number of hydrogen-bond acceptors (Lipinski definition) is 2. The summed E-state index contributed by atoms with van der Waals surface area (Å²) in [6.45, 7) is 5.77. The van der Waals surface area contributed by atoms with Gasteiger partial charge in [0.2, 0.25) is 5.91 Å². The van der Waals surface area contributed by atoms with Gasteiger partial charge in [-0.3, -0.25) is 4.79 Å². The Balaban J connectivity index is 1.49. The zero-order chi connectivity index (χ0) is 15.5. The summed E-state index contributed by atoms with van der Waals surface area (Å²) in [6.07, 6.45) is 4.68. The van der Waals surface area contributed by atoms with Gasteiger partial charge < -0.3 is 9.64 Å². The minimum absolute atomic E-state index is 0.0797. The van der Waals surface area contributed by atoms with E-state index in [0.29, 0.717) is 6.61 Å². The van der Waals surface area contributed by atoms with Gasteiger partial charge in [0.25, 0.3) is 0 Å². The van der Waals surface area contributed by atoms with E-state index in [1.54, 1.807) is 18.2 Å². The fraction of sp³-hybridized carbons (Fsp3) is 0.500. The van der Waals surface area contributed by atoms with Gasteiger partial charge in [0.05, 0.1) is 12.7 Å². The Morgan fingerprint density at radius 2 is 2.00 bits per heavy atom. The molecule has 22 heavy (non-hydrogen) atoms. The number of ether oxygens (including phenoxy) is 1. The highest BCUT2D eigenvalue weighted by atomic mass is 19.1. The van der Waals surface area contributed by atoms with Crippen LogP contribution in [0.3, 0.4) is 0 Å². The number of benzene rings is 1. The SMILES string of the molecule is C=CCOC1CCN(C(=O)[C@@H]2C[C@@H]2c2ccc(F)cc2)CC1. The van der Waals surface area contributed by atoms with Crippen LogP contribution in [0.2, 0.25) is 0 Å². The summed E-state index contributed by atoms with van der Waals surface area (Å²) < 4.78 is 18.6. The van der Waals surface area contributed by atoms with Gasteiger partial charge in [0.1, 0.15) is 5.82 Å². The van der Waals surface area contributed by atoms with E-state index in [1.807, 2.05) is 4.90 Å². The third kappa shape index (κ3) is 3.38. The molecular weight excluding hydrogens is 281 g/mol. The quantitative estimate of drug-likeness (QED) is 0.782. The number of halogens is 1. The molecule has 2 atom stereocenters. The van der Waals surface area contributed by atoms with Crippen LogP contribution in [0, 0.1) is 11.7 Å². The highest BCUT2D eigenvalue weighted by Gasteiger charge is 2.46. The Labute approximate surface area is 130 Å². The highest BCUT2D eigenvalue weighted by Crippen LogP contribution is 2.48. The smallest absolute Gasteiger partial charge is 0.226 e. The lowest BCUT2D eigenvalue weighted by Gasteiger charge is -2.32. The van der Waals surface area contributed by atoms with Crippen molar-refractivity contribution in [2.75, 3.05) is 19.7 Å². The molecule has 0 unspecified atom stereocenters. The first-order chi connectivity index (χ1) is 10.7. The molecule has 2 aliphatic rings. The van der Waals surface area contributed by atoms with Crippen LogP contribution in [-0.4, -0.2) is 36.6 Å². The molecule has 0 N–H and O–H groups in total. The van der Waals surface area contributed by atoms with Crippen molar-refractivity contribution >= 4 is 5.91 Å². The monoisotopic (exact) mass is 303 g/mol. The molecule has 3 rings (SSSR count). The summed E-state index contributed by atoms with van der Waals surface area (Å²) in [5.74, 6) is 0.365. The summed E-state index contributed by atoms with van der Waals surface area (Å²) in [4.78, 5) is 14.5. The van der Waals surface area contributed by atoms with Crippen molar-refractivity contribution in [2.45, 2.75) is 31.3 Å². The molecule has 3 nitrogen and oxygen atoms in total. The Bertz CT molecular complexity index is 535. The molecule has 2 fully saturated rings. The molecule has 0 aromatic heterocycles. The van der Waals surface area contributed by atoms with Crippen molar-refractivity contribution in [1.82, 2.24) is 4.90 Å². The molecular formula is C18H22FNO2. The van der Waals surface area contributed by atoms with E-state index in [4.69, 9.17) is 4.74 Å². The van der Waals surface area contributed by atoms with Crippen LogP contribution in [0.15, 0.2) is 36.9 Å². The number of amides is 1. The van der Waals surface area contributed by atoms with Crippen LogP contribution in [-0.2, 0) is 9.53 Å². The number of piperidine rings is 1. The summed E-state index contributed by atoms with van der Waals surface area (Å²) in [6, 6.07) is 6.53. The zero-order valence-electron chi connectivity index (χ0n) is 12.7. The van der Waals surface area contributed by atoms with Gasteiger partial charge in [-0.15, -0.1) is 6.58 Å². The Hall–Kier alpha value is -1.68. The van der Waals surface area contributed by atoms with Crippen molar-refractivity contribution in [3.63, 3.8) is 0 Å². The Morgan fingerprint density at radius 1 is 1.32 bits per heavy atom. The maximum Gasteiger partial charge on any atom is 0.226 e. The summed E-state index contributed by atoms with van der Waals surface area (Å²) in [5, 5.41) is 0. The first-order valence-corrected chi connectivity index (χ1v) is 7.96. The number of likely N-dealkylation sites (tertiary alicyclic amines) is 1. The Morgan fingerprint density at radius 3 is 2.64 bits per heavy atom. The van der Waals surface area contributed by atoms with Crippen LogP contribution in [0.4, 0.5) is 4.39 Å². The maximum atomic E-state index is 12.9. The molecule has 118 valence electrons. The van der Waals surface area contributed by atoms with Gasteiger partial charge in [-0.2, -0.15) is 0 Å². The van der Waals surface area contributed by atoms with E-state index in [1.165, 1.54) is 12.1 Å². The predicted octanol–water partition coefficient (Wildman–Crippen LogP) is 3.12. The molecule has 1 aliphatic heterocycles. The van der Waals surface area contributed by atoms with Crippen LogP contribution >= 0.6 is 0 Å². The van der Waals surface area contributed by atoms with E-state index in [9.17, 15) is 9.18 Å². The normalized spacial score (nSPS) is 25.0. The lowest BCUT2D eigenvalue weighted by Crippen LogP contribution is -2.41. The molecule has 1 saturated heterocycles. The van der Waals surface area contributed by atoms with Crippen molar-refractivity contribution in [3.05, 3.63) is 48.3 Å². The van der Waals surface area contributed by atoms with Gasteiger partial charge in [-0.1, -0.05) is 18.2 Å². The van der Waals surface area contributed by atoms with Crippen LogP contribution in [0.25, 0.3) is 0 Å². The molecule has 0 radical (unpaired) electrons. The fourth-order valence-corrected chi connectivity index (χ4v) is 3.23. The van der Waals surface area contributed by atoms with Crippen LogP contribution in [0.5, 0.6) is 0 Å². The molecule has 0 bridgehead atoms. The van der Waals surface area contributed by atoms with Crippen molar-refractivity contribution < 1.29 is 13.9 Å². The van der Waals surface area contributed by atoms with Gasteiger partial charge in [0, 0.05) is 19.0 Å². The van der Waals surface area contributed by atoms with Crippen molar-refractivity contribution in [2.24, 2.45) is 5.92 Å². The average molecular weight is 303 g/mol. The molecule has 1 aromatic rings. The second-order valence-electron chi connectivity index (χ2n) is 6.15. The number of hydrogen-bond donors (Lipinski definition) is 0. The summed E-state index contributed by atoms with van der Waals surface area (Å²) in [7, 11) is 0. The molecule has 4 heteroatoms. The van der Waals surface area contributed by atoms with Crippen LogP contribution in [0.1, 0.15) is 30.7 Å². The largest absolute Gasteiger partial charge is 0.374 e. The maximum absolute atomic E-state index is 12.9. The molecule has 1 aromatic carbocycles. The first kappa shape index (κ1) is 15.2. The summed E-state index contributed by atoms with van der Waals surface area (Å²) >= 11 is 0. The lowest BCUT2D eigenvalue weighted by atomic mass is 10.1. The van der Waals surface area contributed by atoms with Gasteiger partial charge in [-0.05, 0) is 42.9 Å². The molecule has 1 aliphatic carbocycles. The predicted molar refractivity (Wildman–Crippen MR) is 83.0 cm³/mol. The number of carbonyl (C=O) groups excluding carboxylic acids is 1. The van der Waals surface area contributed by atoms with Gasteiger partial charge >= 0.3 is 0 Å². The van der Waals surface area contributed by atoms with Crippen molar-refractivity contribution in [3.8, 4) is 0 Å². The topological polar surface area (TPSA) is 29.5 Å². The highest BCUT2D eigenvalue weighted by molar-refractivity contribution is 5.83.